The molecule has 2 aromatic rings. The summed E-state index contributed by atoms with van der Waals surface area (Å²) in [5, 5.41) is 5.62. The van der Waals surface area contributed by atoms with E-state index in [9.17, 15) is 4.79 Å². The molecule has 0 aliphatic heterocycles. The number of hydrogen-bond donors (Lipinski definition) is 2. The Balaban J connectivity index is 1.95. The van der Waals surface area contributed by atoms with Crippen LogP contribution in [0, 0.1) is 0 Å². The Kier molecular flexibility index (Phi) is 4.87. The van der Waals surface area contributed by atoms with Gasteiger partial charge in [0.15, 0.2) is 0 Å². The summed E-state index contributed by atoms with van der Waals surface area (Å²) in [6.45, 7) is 1.91. The van der Waals surface area contributed by atoms with Crippen LogP contribution in [0.4, 0.5) is 10.5 Å². The van der Waals surface area contributed by atoms with E-state index in [1.807, 2.05) is 31.2 Å². The summed E-state index contributed by atoms with van der Waals surface area (Å²) >= 11 is 7.33. The van der Waals surface area contributed by atoms with Gasteiger partial charge in [0.2, 0.25) is 0 Å². The molecule has 20 heavy (non-hydrogen) atoms. The zero-order valence-corrected chi connectivity index (χ0v) is 12.7. The van der Waals surface area contributed by atoms with Crippen LogP contribution in [0.15, 0.2) is 36.4 Å². The fraction of sp³-hybridized carbons (Fsp3) is 0.214. The highest BCUT2D eigenvalue weighted by Crippen LogP contribution is 2.26. The predicted molar refractivity (Wildman–Crippen MR) is 82.9 cm³/mol. The van der Waals surface area contributed by atoms with E-state index in [1.165, 1.54) is 11.3 Å². The number of thiophene rings is 1. The Morgan fingerprint density at radius 1 is 1.35 bits per heavy atom. The number of carbonyl (C=O) groups is 1. The van der Waals surface area contributed by atoms with Crippen molar-refractivity contribution in [3.63, 3.8) is 0 Å². The molecule has 1 atom stereocenters. The molecule has 2 amide bonds. The van der Waals surface area contributed by atoms with Gasteiger partial charge in [0.1, 0.15) is 5.75 Å². The number of ether oxygens (including phenoxy) is 1. The Labute approximate surface area is 126 Å². The van der Waals surface area contributed by atoms with Crippen molar-refractivity contribution in [2.24, 2.45) is 0 Å². The molecular formula is C14H15ClN2O2S. The van der Waals surface area contributed by atoms with Gasteiger partial charge < -0.3 is 15.4 Å². The molecule has 0 saturated heterocycles. The minimum atomic E-state index is -0.268. The molecule has 0 saturated carbocycles. The third-order valence-corrected chi connectivity index (χ3v) is 4.11. The zero-order chi connectivity index (χ0) is 14.5. The van der Waals surface area contributed by atoms with Crippen LogP contribution in [0.25, 0.3) is 0 Å². The average Bonchev–Trinajstić information content (AvgIpc) is 2.85. The number of halogens is 1. The van der Waals surface area contributed by atoms with Crippen molar-refractivity contribution in [2.75, 3.05) is 12.4 Å². The summed E-state index contributed by atoms with van der Waals surface area (Å²) in [7, 11) is 1.59. The standard InChI is InChI=1S/C14H15ClN2O2S/c1-9(12-6-7-13(15)20-12)16-14(18)17-10-4-3-5-11(8-10)19-2/h3-9H,1-2H3,(H2,16,17,18)/t9-/m1/s1. The maximum atomic E-state index is 11.9. The maximum Gasteiger partial charge on any atom is 0.319 e. The van der Waals surface area contributed by atoms with Crippen LogP contribution in [-0.2, 0) is 0 Å². The van der Waals surface area contributed by atoms with Gasteiger partial charge >= 0.3 is 6.03 Å². The van der Waals surface area contributed by atoms with E-state index in [0.29, 0.717) is 15.8 Å². The molecule has 0 unspecified atom stereocenters. The van der Waals surface area contributed by atoms with E-state index in [-0.39, 0.29) is 12.1 Å². The first kappa shape index (κ1) is 14.7. The highest BCUT2D eigenvalue weighted by atomic mass is 35.5. The van der Waals surface area contributed by atoms with Crippen LogP contribution in [0.2, 0.25) is 4.34 Å². The second-order valence-corrected chi connectivity index (χ2v) is 5.94. The largest absolute Gasteiger partial charge is 0.497 e. The lowest BCUT2D eigenvalue weighted by Crippen LogP contribution is -2.30. The molecule has 0 aliphatic carbocycles. The monoisotopic (exact) mass is 310 g/mol. The second-order valence-electron chi connectivity index (χ2n) is 4.19. The molecule has 2 N–H and O–H groups in total. The second kappa shape index (κ2) is 6.63. The van der Waals surface area contributed by atoms with Gasteiger partial charge in [-0.2, -0.15) is 0 Å². The van der Waals surface area contributed by atoms with Crippen LogP contribution in [0.5, 0.6) is 5.75 Å². The lowest BCUT2D eigenvalue weighted by molar-refractivity contribution is 0.249. The van der Waals surface area contributed by atoms with Gasteiger partial charge in [0, 0.05) is 16.6 Å². The zero-order valence-electron chi connectivity index (χ0n) is 11.1. The minimum Gasteiger partial charge on any atom is -0.497 e. The van der Waals surface area contributed by atoms with E-state index in [4.69, 9.17) is 16.3 Å². The smallest absolute Gasteiger partial charge is 0.319 e. The van der Waals surface area contributed by atoms with Crippen molar-refractivity contribution in [1.82, 2.24) is 5.32 Å². The van der Waals surface area contributed by atoms with Crippen LogP contribution in [0.1, 0.15) is 17.8 Å². The van der Waals surface area contributed by atoms with Crippen molar-refractivity contribution in [2.45, 2.75) is 13.0 Å². The molecule has 1 aromatic heterocycles. The van der Waals surface area contributed by atoms with Gasteiger partial charge in [-0.3, -0.25) is 0 Å². The lowest BCUT2D eigenvalue weighted by Gasteiger charge is -2.13. The number of anilines is 1. The first-order valence-corrected chi connectivity index (χ1v) is 7.24. The fourth-order valence-electron chi connectivity index (χ4n) is 1.70. The van der Waals surface area contributed by atoms with Crippen molar-refractivity contribution in [1.29, 1.82) is 0 Å². The van der Waals surface area contributed by atoms with E-state index in [0.717, 1.165) is 4.88 Å². The number of carbonyl (C=O) groups excluding carboxylic acids is 1. The van der Waals surface area contributed by atoms with Gasteiger partial charge in [0.05, 0.1) is 17.5 Å². The number of nitrogens with one attached hydrogen (secondary N) is 2. The first-order chi connectivity index (χ1) is 9.58. The Hall–Kier alpha value is -1.72. The summed E-state index contributed by atoms with van der Waals surface area (Å²) in [6.07, 6.45) is 0. The topological polar surface area (TPSA) is 50.4 Å². The quantitative estimate of drug-likeness (QED) is 0.885. The summed E-state index contributed by atoms with van der Waals surface area (Å²) < 4.78 is 5.81. The minimum absolute atomic E-state index is 0.0990. The summed E-state index contributed by atoms with van der Waals surface area (Å²) in [5.74, 6) is 0.695. The molecular weight excluding hydrogens is 296 g/mol. The number of methoxy groups -OCH3 is 1. The molecule has 0 spiro atoms. The predicted octanol–water partition coefficient (Wildman–Crippen LogP) is 4.29. The number of urea groups is 1. The average molecular weight is 311 g/mol. The summed E-state index contributed by atoms with van der Waals surface area (Å²) in [4.78, 5) is 12.9. The molecule has 4 nitrogen and oxygen atoms in total. The first-order valence-electron chi connectivity index (χ1n) is 6.05. The van der Waals surface area contributed by atoms with Crippen molar-refractivity contribution < 1.29 is 9.53 Å². The van der Waals surface area contributed by atoms with Crippen molar-refractivity contribution in [3.8, 4) is 5.75 Å². The molecule has 6 heteroatoms. The van der Waals surface area contributed by atoms with Crippen LogP contribution >= 0.6 is 22.9 Å². The van der Waals surface area contributed by atoms with E-state index in [1.54, 1.807) is 19.2 Å². The molecule has 106 valence electrons. The van der Waals surface area contributed by atoms with E-state index in [2.05, 4.69) is 10.6 Å². The van der Waals surface area contributed by atoms with Gasteiger partial charge in [-0.25, -0.2) is 4.79 Å². The van der Waals surface area contributed by atoms with Crippen LogP contribution in [-0.4, -0.2) is 13.1 Å². The molecule has 0 aliphatic rings. The summed E-state index contributed by atoms with van der Waals surface area (Å²) in [6, 6.07) is 10.5. The molecule has 1 heterocycles. The Morgan fingerprint density at radius 3 is 2.80 bits per heavy atom. The molecule has 0 fully saturated rings. The van der Waals surface area contributed by atoms with E-state index < -0.39 is 0 Å². The molecule has 1 aromatic carbocycles. The van der Waals surface area contributed by atoms with Crippen molar-refractivity contribution in [3.05, 3.63) is 45.6 Å². The Bertz CT molecular complexity index is 600. The third-order valence-electron chi connectivity index (χ3n) is 2.70. The fourth-order valence-corrected chi connectivity index (χ4v) is 2.76. The molecule has 0 radical (unpaired) electrons. The number of rotatable bonds is 4. The lowest BCUT2D eigenvalue weighted by atomic mass is 10.3. The van der Waals surface area contributed by atoms with Crippen LogP contribution < -0.4 is 15.4 Å². The third kappa shape index (κ3) is 3.88. The SMILES string of the molecule is COc1cccc(NC(=O)N[C@H](C)c2ccc(Cl)s2)c1. The number of benzene rings is 1. The van der Waals surface area contributed by atoms with Crippen molar-refractivity contribution >= 4 is 34.7 Å². The van der Waals surface area contributed by atoms with Gasteiger partial charge in [-0.05, 0) is 31.2 Å². The Morgan fingerprint density at radius 2 is 2.15 bits per heavy atom. The normalized spacial score (nSPS) is 11.8. The van der Waals surface area contributed by atoms with Gasteiger partial charge in [0.25, 0.3) is 0 Å². The number of hydrogen-bond acceptors (Lipinski definition) is 3. The highest BCUT2D eigenvalue weighted by Gasteiger charge is 2.11. The molecule has 2 rings (SSSR count). The molecule has 0 bridgehead atoms. The van der Waals surface area contributed by atoms with E-state index >= 15 is 0 Å². The van der Waals surface area contributed by atoms with Gasteiger partial charge in [-0.15, -0.1) is 11.3 Å². The maximum absolute atomic E-state index is 11.9. The number of amides is 2. The van der Waals surface area contributed by atoms with Crippen LogP contribution in [0.3, 0.4) is 0 Å². The summed E-state index contributed by atoms with van der Waals surface area (Å²) in [5.41, 5.74) is 0.679. The highest BCUT2D eigenvalue weighted by molar-refractivity contribution is 7.16. The van der Waals surface area contributed by atoms with Gasteiger partial charge in [-0.1, -0.05) is 17.7 Å².